The van der Waals surface area contributed by atoms with Crippen LogP contribution in [0.3, 0.4) is 0 Å². The number of carbonyl (C=O) groups is 4. The monoisotopic (exact) mass is 643 g/mol. The molecule has 4 aliphatic heterocycles. The predicted octanol–water partition coefficient (Wildman–Crippen LogP) is 1.41. The molecular formula is C28H32CuN6O8. The van der Waals surface area contributed by atoms with Crippen molar-refractivity contribution in [3.8, 4) is 0 Å². The number of rotatable bonds is 8. The van der Waals surface area contributed by atoms with Crippen LogP contribution < -0.4 is 0 Å². The van der Waals surface area contributed by atoms with Gasteiger partial charge in [-0.3, -0.25) is 31.7 Å². The van der Waals surface area contributed by atoms with E-state index in [0.717, 1.165) is 0 Å². The van der Waals surface area contributed by atoms with E-state index in [2.05, 4.69) is 50.7 Å². The molecule has 0 saturated heterocycles. The Kier molecular flexibility index (Phi) is 13.6. The van der Waals surface area contributed by atoms with Crippen molar-refractivity contribution < 1.29 is 55.2 Å². The minimum absolute atomic E-state index is 0. The van der Waals surface area contributed by atoms with Crippen LogP contribution in [0.2, 0.25) is 0 Å². The van der Waals surface area contributed by atoms with E-state index in [4.69, 9.17) is 0 Å². The SMILES string of the molecule is COC(=O)C1CCC(C(=C=[N-])C2=NC(C(=O)OC)CC2)=N1.COC(=O)C1CCC(C(=C=[N-])C2=NC(C(=O)OC)CC2)=N1.[Cu+2]. The minimum atomic E-state index is -0.549. The number of allylic oxidation sites excluding steroid dienone is 2. The summed E-state index contributed by atoms with van der Waals surface area (Å²) >= 11 is 0. The second-order valence-corrected chi connectivity index (χ2v) is 9.59. The molecule has 0 aliphatic carbocycles. The molecule has 0 aromatic rings. The standard InChI is InChI=1S/2C14H16N3O4.Cu/c2*1-20-13(18)11-5-3-9(16-11)8(7-15)10-4-6-12(17-10)14(19)21-2;/h2*11-12H,3-6H2,1-2H3;/q2*-1;+2. The fraction of sp³-hybridized carbons (Fsp3) is 0.571. The second-order valence-electron chi connectivity index (χ2n) is 9.59. The molecule has 1 radical (unpaired) electrons. The fourth-order valence-electron chi connectivity index (χ4n) is 4.94. The molecule has 4 atom stereocenters. The number of carbonyl (C=O) groups excluding carboxylic acids is 4. The van der Waals surface area contributed by atoms with Crippen molar-refractivity contribution in [2.75, 3.05) is 28.4 Å². The maximum atomic E-state index is 11.5. The first-order valence-corrected chi connectivity index (χ1v) is 13.3. The first-order chi connectivity index (χ1) is 20.2. The summed E-state index contributed by atoms with van der Waals surface area (Å²) in [5, 5.41) is 18.7. The van der Waals surface area contributed by atoms with E-state index in [9.17, 15) is 30.0 Å². The average Bonchev–Trinajstić information content (AvgIpc) is 3.84. The van der Waals surface area contributed by atoms with Crippen LogP contribution in [0.25, 0.3) is 10.8 Å². The van der Waals surface area contributed by atoms with Crippen molar-refractivity contribution in [1.29, 1.82) is 0 Å². The Bertz CT molecular complexity index is 1170. The molecule has 0 bridgehead atoms. The van der Waals surface area contributed by atoms with Gasteiger partial charge in [-0.15, -0.1) is 0 Å². The third-order valence-corrected chi connectivity index (χ3v) is 7.14. The van der Waals surface area contributed by atoms with E-state index >= 15 is 0 Å². The van der Waals surface area contributed by atoms with Gasteiger partial charge in [0.1, 0.15) is 24.2 Å². The smallest absolute Gasteiger partial charge is 0.763 e. The number of methoxy groups -OCH3 is 4. The van der Waals surface area contributed by atoms with Gasteiger partial charge >= 0.3 is 40.9 Å². The normalized spacial score (nSPS) is 23.3. The van der Waals surface area contributed by atoms with Crippen LogP contribution in [0.4, 0.5) is 0 Å². The molecule has 0 aromatic heterocycles. The molecule has 4 rings (SSSR count). The van der Waals surface area contributed by atoms with E-state index in [0.29, 0.717) is 85.4 Å². The summed E-state index contributed by atoms with van der Waals surface area (Å²) in [6.45, 7) is 0. The quantitative estimate of drug-likeness (QED) is 0.163. The van der Waals surface area contributed by atoms with Crippen molar-refractivity contribution in [2.45, 2.75) is 75.5 Å². The first kappa shape index (κ1) is 35.2. The van der Waals surface area contributed by atoms with Crippen LogP contribution in [-0.4, -0.2) is 111 Å². The van der Waals surface area contributed by atoms with Gasteiger partial charge < -0.3 is 29.8 Å². The van der Waals surface area contributed by atoms with Gasteiger partial charge in [0.15, 0.2) is 0 Å². The summed E-state index contributed by atoms with van der Waals surface area (Å²) in [6.07, 6.45) is 4.24. The van der Waals surface area contributed by atoms with Crippen LogP contribution in [0.15, 0.2) is 31.1 Å². The average molecular weight is 644 g/mol. The predicted molar refractivity (Wildman–Crippen MR) is 154 cm³/mol. The number of aliphatic imine (C=N–C) groups is 4. The molecule has 15 heteroatoms. The Balaban J connectivity index is 0.000000293. The summed E-state index contributed by atoms with van der Waals surface area (Å²) in [5.41, 5.74) is 3.00. The number of esters is 4. The number of hydrogen-bond acceptors (Lipinski definition) is 12. The van der Waals surface area contributed by atoms with Gasteiger partial charge in [0, 0.05) is 11.1 Å². The van der Waals surface area contributed by atoms with Crippen molar-refractivity contribution in [3.63, 3.8) is 0 Å². The molecule has 0 fully saturated rings. The molecule has 0 spiro atoms. The van der Waals surface area contributed by atoms with Gasteiger partial charge in [-0.1, -0.05) is 0 Å². The van der Waals surface area contributed by atoms with Gasteiger partial charge in [-0.05, 0) is 51.4 Å². The zero-order valence-corrected chi connectivity index (χ0v) is 25.2. The van der Waals surface area contributed by atoms with Crippen LogP contribution in [0.1, 0.15) is 51.4 Å². The largest absolute Gasteiger partial charge is 2.00 e. The maximum absolute atomic E-state index is 11.5. The molecule has 233 valence electrons. The van der Waals surface area contributed by atoms with Crippen molar-refractivity contribution >= 4 is 58.5 Å². The van der Waals surface area contributed by atoms with Crippen LogP contribution in [0, 0.1) is 0 Å². The third kappa shape index (κ3) is 8.52. The molecule has 4 aliphatic rings. The summed E-state index contributed by atoms with van der Waals surface area (Å²) in [4.78, 5) is 62.8. The van der Waals surface area contributed by atoms with Gasteiger partial charge in [0.25, 0.3) is 0 Å². The minimum Gasteiger partial charge on any atom is -0.763 e. The van der Waals surface area contributed by atoms with E-state index in [1.807, 2.05) is 0 Å². The van der Waals surface area contributed by atoms with E-state index in [1.54, 1.807) is 0 Å². The van der Waals surface area contributed by atoms with Crippen LogP contribution in [-0.2, 0) is 55.2 Å². The Morgan fingerprint density at radius 3 is 0.907 bits per heavy atom. The van der Waals surface area contributed by atoms with Crippen molar-refractivity contribution in [1.82, 2.24) is 0 Å². The van der Waals surface area contributed by atoms with Gasteiger partial charge in [0.2, 0.25) is 0 Å². The van der Waals surface area contributed by atoms with Crippen molar-refractivity contribution in [2.24, 2.45) is 20.0 Å². The van der Waals surface area contributed by atoms with Crippen LogP contribution >= 0.6 is 0 Å². The molecule has 0 saturated carbocycles. The molecule has 4 heterocycles. The second kappa shape index (κ2) is 16.6. The summed E-state index contributed by atoms with van der Waals surface area (Å²) in [5.74, 6) is 2.58. The van der Waals surface area contributed by atoms with E-state index in [1.165, 1.54) is 28.4 Å². The summed E-state index contributed by atoms with van der Waals surface area (Å²) in [6, 6.07) is -2.20. The Morgan fingerprint density at radius 1 is 0.535 bits per heavy atom. The van der Waals surface area contributed by atoms with Crippen LogP contribution in [0.5, 0.6) is 0 Å². The molecule has 0 aromatic carbocycles. The first-order valence-electron chi connectivity index (χ1n) is 13.3. The summed E-state index contributed by atoms with van der Waals surface area (Å²) in [7, 11) is 5.25. The maximum Gasteiger partial charge on any atom is 2.00 e. The molecular weight excluding hydrogens is 612 g/mol. The topological polar surface area (TPSA) is 199 Å². The molecule has 4 unspecified atom stereocenters. The van der Waals surface area contributed by atoms with Gasteiger partial charge in [-0.25, -0.2) is 19.2 Å². The fourth-order valence-corrected chi connectivity index (χ4v) is 4.94. The zero-order valence-electron chi connectivity index (χ0n) is 24.2. The number of nitrogens with zero attached hydrogens (tertiary/aromatic N) is 6. The Morgan fingerprint density at radius 2 is 0.744 bits per heavy atom. The molecule has 0 N–H and O–H groups in total. The van der Waals surface area contributed by atoms with Crippen molar-refractivity contribution in [3.05, 3.63) is 22.0 Å². The Labute approximate surface area is 259 Å². The third-order valence-electron chi connectivity index (χ3n) is 7.14. The molecule has 0 amide bonds. The number of hydrogen-bond donors (Lipinski definition) is 0. The Hall–Kier alpha value is -4.02. The van der Waals surface area contributed by atoms with E-state index < -0.39 is 48.0 Å². The summed E-state index contributed by atoms with van der Waals surface area (Å²) < 4.78 is 18.6. The number of ether oxygens (including phenoxy) is 4. The zero-order chi connectivity index (χ0) is 30.8. The van der Waals surface area contributed by atoms with Gasteiger partial charge in [0.05, 0.1) is 51.3 Å². The van der Waals surface area contributed by atoms with Gasteiger partial charge in [-0.2, -0.15) is 0 Å². The molecule has 43 heavy (non-hydrogen) atoms. The van der Waals surface area contributed by atoms with E-state index in [-0.39, 0.29) is 17.1 Å². The molecule has 14 nitrogen and oxygen atoms in total.